The van der Waals surface area contributed by atoms with Gasteiger partial charge in [0.15, 0.2) is 0 Å². The number of hydrogen-bond acceptors (Lipinski definition) is 3. The Bertz CT molecular complexity index is 514. The van der Waals surface area contributed by atoms with Gasteiger partial charge in [-0.3, -0.25) is 0 Å². The van der Waals surface area contributed by atoms with Gasteiger partial charge < -0.3 is 5.32 Å². The standard InChI is InChI=1S/C16H20ClNS2/c17-15-8-7-13(20-15)9-10-18-16(12-4-1-2-5-12)14-6-3-11-19-14/h3,6-8,11-12,16,18H,1-2,4-5,9-10H2. The Morgan fingerprint density at radius 3 is 2.75 bits per heavy atom. The Hall–Kier alpha value is -0.350. The van der Waals surface area contributed by atoms with Crippen molar-refractivity contribution in [3.8, 4) is 0 Å². The van der Waals surface area contributed by atoms with E-state index in [-0.39, 0.29) is 0 Å². The van der Waals surface area contributed by atoms with E-state index in [1.807, 2.05) is 17.4 Å². The molecule has 1 fully saturated rings. The lowest BCUT2D eigenvalue weighted by Gasteiger charge is -2.23. The zero-order chi connectivity index (χ0) is 13.8. The van der Waals surface area contributed by atoms with E-state index in [4.69, 9.17) is 11.6 Å². The highest BCUT2D eigenvalue weighted by molar-refractivity contribution is 7.16. The van der Waals surface area contributed by atoms with E-state index in [0.717, 1.165) is 23.2 Å². The molecule has 108 valence electrons. The molecule has 1 N–H and O–H groups in total. The molecule has 0 radical (unpaired) electrons. The van der Waals surface area contributed by atoms with Gasteiger partial charge in [-0.2, -0.15) is 0 Å². The number of thiophene rings is 2. The Kier molecular flexibility index (Phi) is 5.16. The van der Waals surface area contributed by atoms with Crippen molar-refractivity contribution < 1.29 is 0 Å². The molecular weight excluding hydrogens is 306 g/mol. The lowest BCUT2D eigenvalue weighted by Crippen LogP contribution is -2.28. The van der Waals surface area contributed by atoms with E-state index >= 15 is 0 Å². The third kappa shape index (κ3) is 3.64. The first-order valence-corrected chi connectivity index (χ1v) is 9.41. The molecule has 4 heteroatoms. The van der Waals surface area contributed by atoms with Gasteiger partial charge in [-0.15, -0.1) is 22.7 Å². The van der Waals surface area contributed by atoms with Crippen LogP contribution in [0.2, 0.25) is 4.34 Å². The van der Waals surface area contributed by atoms with Crippen LogP contribution in [0.3, 0.4) is 0 Å². The lowest BCUT2D eigenvalue weighted by molar-refractivity contribution is 0.375. The summed E-state index contributed by atoms with van der Waals surface area (Å²) in [6.45, 7) is 1.04. The molecule has 0 aromatic carbocycles. The largest absolute Gasteiger partial charge is 0.309 e. The first-order chi connectivity index (χ1) is 9.83. The zero-order valence-electron chi connectivity index (χ0n) is 11.5. The Labute approximate surface area is 134 Å². The number of hydrogen-bond donors (Lipinski definition) is 1. The van der Waals surface area contributed by atoms with Crippen LogP contribution in [0.25, 0.3) is 0 Å². The Balaban J connectivity index is 1.58. The second-order valence-corrected chi connectivity index (χ2v) is 8.23. The molecule has 1 aliphatic rings. The van der Waals surface area contributed by atoms with Crippen LogP contribution in [0.15, 0.2) is 29.6 Å². The van der Waals surface area contributed by atoms with Gasteiger partial charge in [-0.05, 0) is 48.8 Å². The summed E-state index contributed by atoms with van der Waals surface area (Å²) in [7, 11) is 0. The average Bonchev–Trinajstić information content (AvgIpc) is 3.18. The molecule has 0 bridgehead atoms. The van der Waals surface area contributed by atoms with Gasteiger partial charge in [-0.25, -0.2) is 0 Å². The molecule has 0 aliphatic heterocycles. The maximum atomic E-state index is 5.99. The van der Waals surface area contributed by atoms with E-state index in [1.54, 1.807) is 11.3 Å². The maximum absolute atomic E-state index is 5.99. The summed E-state index contributed by atoms with van der Waals surface area (Å²) in [5.41, 5.74) is 0. The van der Waals surface area contributed by atoms with Crippen LogP contribution < -0.4 is 5.32 Å². The topological polar surface area (TPSA) is 12.0 Å². The van der Waals surface area contributed by atoms with Crippen molar-refractivity contribution in [1.82, 2.24) is 5.32 Å². The van der Waals surface area contributed by atoms with Crippen molar-refractivity contribution in [3.63, 3.8) is 0 Å². The van der Waals surface area contributed by atoms with E-state index < -0.39 is 0 Å². The highest BCUT2D eigenvalue weighted by Gasteiger charge is 2.26. The van der Waals surface area contributed by atoms with Gasteiger partial charge >= 0.3 is 0 Å². The molecule has 0 spiro atoms. The van der Waals surface area contributed by atoms with Crippen LogP contribution in [0.1, 0.15) is 41.5 Å². The van der Waals surface area contributed by atoms with Gasteiger partial charge in [0.2, 0.25) is 0 Å². The summed E-state index contributed by atoms with van der Waals surface area (Å²) in [4.78, 5) is 2.87. The highest BCUT2D eigenvalue weighted by atomic mass is 35.5. The second-order valence-electron chi connectivity index (χ2n) is 5.45. The molecule has 3 rings (SSSR count). The molecule has 1 saturated carbocycles. The summed E-state index contributed by atoms with van der Waals surface area (Å²) in [5, 5.41) is 5.99. The van der Waals surface area contributed by atoms with Crippen molar-refractivity contribution >= 4 is 34.3 Å². The summed E-state index contributed by atoms with van der Waals surface area (Å²) in [5.74, 6) is 0.820. The fourth-order valence-electron chi connectivity index (χ4n) is 3.10. The first-order valence-electron chi connectivity index (χ1n) is 7.34. The number of halogens is 1. The fraction of sp³-hybridized carbons (Fsp3) is 0.500. The molecule has 2 heterocycles. The molecule has 1 atom stereocenters. The smallest absolute Gasteiger partial charge is 0.0931 e. The average molecular weight is 326 g/mol. The maximum Gasteiger partial charge on any atom is 0.0931 e. The SMILES string of the molecule is Clc1ccc(CCNC(c2cccs2)C2CCCC2)s1. The van der Waals surface area contributed by atoms with E-state index in [9.17, 15) is 0 Å². The van der Waals surface area contributed by atoms with Crippen LogP contribution >= 0.6 is 34.3 Å². The summed E-state index contributed by atoms with van der Waals surface area (Å²) in [6, 6.07) is 9.14. The number of rotatable bonds is 6. The first kappa shape index (κ1) is 14.6. The minimum atomic E-state index is 0.549. The van der Waals surface area contributed by atoms with Crippen molar-refractivity contribution in [1.29, 1.82) is 0 Å². The monoisotopic (exact) mass is 325 g/mol. The van der Waals surface area contributed by atoms with Crippen molar-refractivity contribution in [2.75, 3.05) is 6.54 Å². The van der Waals surface area contributed by atoms with Crippen LogP contribution in [-0.2, 0) is 6.42 Å². The van der Waals surface area contributed by atoms with E-state index in [1.165, 1.54) is 35.4 Å². The molecule has 1 nitrogen and oxygen atoms in total. The van der Waals surface area contributed by atoms with Gasteiger partial charge in [0.25, 0.3) is 0 Å². The molecule has 2 aromatic heterocycles. The summed E-state index contributed by atoms with van der Waals surface area (Å²) in [6.07, 6.45) is 6.62. The molecule has 0 saturated heterocycles. The van der Waals surface area contributed by atoms with Gasteiger partial charge in [-0.1, -0.05) is 30.5 Å². The van der Waals surface area contributed by atoms with Gasteiger partial charge in [0.05, 0.1) is 4.34 Å². The summed E-state index contributed by atoms with van der Waals surface area (Å²) >= 11 is 9.57. The minimum Gasteiger partial charge on any atom is -0.309 e. The van der Waals surface area contributed by atoms with Crippen molar-refractivity contribution in [2.24, 2.45) is 5.92 Å². The third-order valence-electron chi connectivity index (χ3n) is 4.09. The molecule has 1 unspecified atom stereocenters. The Morgan fingerprint density at radius 2 is 2.10 bits per heavy atom. The van der Waals surface area contributed by atoms with Crippen LogP contribution in [0.5, 0.6) is 0 Å². The molecular formula is C16H20ClNS2. The molecule has 0 amide bonds. The Morgan fingerprint density at radius 1 is 1.25 bits per heavy atom. The van der Waals surface area contributed by atoms with Crippen LogP contribution in [-0.4, -0.2) is 6.54 Å². The predicted octanol–water partition coefficient (Wildman–Crippen LogP) is 5.53. The van der Waals surface area contributed by atoms with Crippen molar-refractivity contribution in [3.05, 3.63) is 43.7 Å². The fourth-order valence-corrected chi connectivity index (χ4v) is 5.08. The van der Waals surface area contributed by atoms with E-state index in [2.05, 4.69) is 28.9 Å². The van der Waals surface area contributed by atoms with Gasteiger partial charge in [0.1, 0.15) is 0 Å². The third-order valence-corrected chi connectivity index (χ3v) is 6.33. The van der Waals surface area contributed by atoms with Gasteiger partial charge in [0, 0.05) is 22.3 Å². The molecule has 1 aliphatic carbocycles. The summed E-state index contributed by atoms with van der Waals surface area (Å²) < 4.78 is 0.894. The molecule has 20 heavy (non-hydrogen) atoms. The molecule has 2 aromatic rings. The minimum absolute atomic E-state index is 0.549. The predicted molar refractivity (Wildman–Crippen MR) is 90.1 cm³/mol. The van der Waals surface area contributed by atoms with Crippen LogP contribution in [0.4, 0.5) is 0 Å². The van der Waals surface area contributed by atoms with Crippen molar-refractivity contribution in [2.45, 2.75) is 38.1 Å². The van der Waals surface area contributed by atoms with E-state index in [0.29, 0.717) is 6.04 Å². The number of nitrogens with one attached hydrogen (secondary N) is 1. The normalized spacial score (nSPS) is 17.6. The quantitative estimate of drug-likeness (QED) is 0.736. The zero-order valence-corrected chi connectivity index (χ0v) is 13.9. The lowest BCUT2D eigenvalue weighted by atomic mass is 9.96. The second kappa shape index (κ2) is 7.08. The highest BCUT2D eigenvalue weighted by Crippen LogP contribution is 2.37. The van der Waals surface area contributed by atoms with Crippen LogP contribution in [0, 0.1) is 5.92 Å².